The summed E-state index contributed by atoms with van der Waals surface area (Å²) < 4.78 is 7.90. The van der Waals surface area contributed by atoms with Crippen LogP contribution in [0.25, 0.3) is 10.7 Å². The van der Waals surface area contributed by atoms with Crippen molar-refractivity contribution in [2.75, 3.05) is 17.2 Å². The molecule has 1 fully saturated rings. The van der Waals surface area contributed by atoms with Gasteiger partial charge in [0, 0.05) is 24.9 Å². The number of carbonyl (C=O) groups is 2. The molecular formula is C22H25N5O3S2. The zero-order valence-electron chi connectivity index (χ0n) is 17.9. The van der Waals surface area contributed by atoms with Gasteiger partial charge in [0.1, 0.15) is 0 Å². The highest BCUT2D eigenvalue weighted by Gasteiger charge is 2.25. The molecule has 10 heteroatoms. The quantitative estimate of drug-likeness (QED) is 0.476. The number of thioether (sulfide) groups is 1. The number of nitrogens with zero attached hydrogens (tertiary/aromatic N) is 3. The molecule has 32 heavy (non-hydrogen) atoms. The van der Waals surface area contributed by atoms with Crippen molar-refractivity contribution in [2.24, 2.45) is 0 Å². The molecule has 2 aromatic heterocycles. The van der Waals surface area contributed by atoms with E-state index in [0.717, 1.165) is 30.2 Å². The number of ether oxygens (including phenoxy) is 1. The van der Waals surface area contributed by atoms with Crippen molar-refractivity contribution in [3.8, 4) is 10.7 Å². The van der Waals surface area contributed by atoms with E-state index in [2.05, 4.69) is 25.4 Å². The Morgan fingerprint density at radius 1 is 1.22 bits per heavy atom. The van der Waals surface area contributed by atoms with Crippen LogP contribution in [0.5, 0.6) is 0 Å². The zero-order valence-corrected chi connectivity index (χ0v) is 19.5. The number of hydrogen-bond acceptors (Lipinski definition) is 7. The third-order valence-corrected chi connectivity index (χ3v) is 6.94. The molecule has 168 valence electrons. The number of anilines is 2. The van der Waals surface area contributed by atoms with Crippen LogP contribution in [-0.2, 0) is 20.9 Å². The van der Waals surface area contributed by atoms with Crippen LogP contribution < -0.4 is 10.6 Å². The molecule has 1 aromatic carbocycles. The summed E-state index contributed by atoms with van der Waals surface area (Å²) in [6.45, 7) is 4.75. The first-order chi connectivity index (χ1) is 15.5. The van der Waals surface area contributed by atoms with E-state index in [1.165, 1.54) is 18.7 Å². The molecule has 1 aliphatic rings. The molecule has 2 amide bonds. The van der Waals surface area contributed by atoms with Crippen molar-refractivity contribution in [1.29, 1.82) is 0 Å². The average Bonchev–Trinajstić information content (AvgIpc) is 3.52. The smallest absolute Gasteiger partial charge is 0.237 e. The number of carbonyl (C=O) groups excluding carboxylic acids is 2. The number of thiophene rings is 1. The highest BCUT2D eigenvalue weighted by Crippen LogP contribution is 2.31. The van der Waals surface area contributed by atoms with E-state index in [-0.39, 0.29) is 23.2 Å². The van der Waals surface area contributed by atoms with E-state index < -0.39 is 0 Å². The molecule has 3 aromatic rings. The Morgan fingerprint density at radius 3 is 2.59 bits per heavy atom. The van der Waals surface area contributed by atoms with Crippen LogP contribution in [0.4, 0.5) is 11.4 Å². The summed E-state index contributed by atoms with van der Waals surface area (Å²) >= 11 is 2.99. The van der Waals surface area contributed by atoms with Gasteiger partial charge in [-0.2, -0.15) is 0 Å². The number of amides is 2. The molecule has 0 unspecified atom stereocenters. The molecule has 0 bridgehead atoms. The van der Waals surface area contributed by atoms with Gasteiger partial charge in [-0.25, -0.2) is 0 Å². The molecule has 1 aliphatic heterocycles. The Balaban J connectivity index is 1.45. The number of nitrogens with one attached hydrogen (secondary N) is 2. The summed E-state index contributed by atoms with van der Waals surface area (Å²) in [6.07, 6.45) is 2.20. The molecule has 1 saturated heterocycles. The Hall–Kier alpha value is -2.69. The second-order valence-corrected chi connectivity index (χ2v) is 9.79. The first kappa shape index (κ1) is 22.5. The van der Waals surface area contributed by atoms with Crippen molar-refractivity contribution in [3.63, 3.8) is 0 Å². The highest BCUT2D eigenvalue weighted by molar-refractivity contribution is 8.00. The van der Waals surface area contributed by atoms with Crippen LogP contribution in [0.2, 0.25) is 0 Å². The van der Waals surface area contributed by atoms with Crippen LogP contribution in [0.1, 0.15) is 26.7 Å². The second kappa shape index (κ2) is 10.3. The van der Waals surface area contributed by atoms with Gasteiger partial charge in [-0.05, 0) is 55.5 Å². The predicted octanol–water partition coefficient (Wildman–Crippen LogP) is 4.26. The maximum Gasteiger partial charge on any atom is 0.237 e. The fraction of sp³-hybridized carbons (Fsp3) is 0.364. The summed E-state index contributed by atoms with van der Waals surface area (Å²) in [7, 11) is 0. The lowest BCUT2D eigenvalue weighted by atomic mass is 10.2. The predicted molar refractivity (Wildman–Crippen MR) is 127 cm³/mol. The maximum absolute atomic E-state index is 12.8. The lowest BCUT2D eigenvalue weighted by molar-refractivity contribution is -0.115. The monoisotopic (exact) mass is 471 g/mol. The molecule has 0 radical (unpaired) electrons. The first-order valence-corrected chi connectivity index (χ1v) is 12.2. The van der Waals surface area contributed by atoms with Gasteiger partial charge in [0.25, 0.3) is 0 Å². The van der Waals surface area contributed by atoms with Gasteiger partial charge in [-0.1, -0.05) is 17.8 Å². The Labute approximate surface area is 194 Å². The van der Waals surface area contributed by atoms with Crippen LogP contribution in [0, 0.1) is 0 Å². The SMILES string of the molecule is CC(=O)Nc1ccc(NC(=O)[C@@H](C)Sc2nnc(-c3cccs3)n2C[C@H]2CCCO2)cc1. The Kier molecular flexibility index (Phi) is 7.23. The van der Waals surface area contributed by atoms with E-state index in [9.17, 15) is 9.59 Å². The number of aromatic nitrogens is 3. The first-order valence-electron chi connectivity index (χ1n) is 10.4. The molecule has 2 atom stereocenters. The summed E-state index contributed by atoms with van der Waals surface area (Å²) in [5.41, 5.74) is 1.35. The van der Waals surface area contributed by atoms with E-state index in [4.69, 9.17) is 4.74 Å². The minimum Gasteiger partial charge on any atom is -0.376 e. The molecule has 4 rings (SSSR count). The zero-order chi connectivity index (χ0) is 22.5. The van der Waals surface area contributed by atoms with Gasteiger partial charge in [0.2, 0.25) is 11.8 Å². The second-order valence-electron chi connectivity index (χ2n) is 7.54. The fourth-order valence-electron chi connectivity index (χ4n) is 3.42. The topological polar surface area (TPSA) is 98.1 Å². The van der Waals surface area contributed by atoms with Crippen LogP contribution in [-0.4, -0.2) is 44.5 Å². The standard InChI is InChI=1S/C22H25N5O3S2/c1-14(21(29)24-17-9-7-16(8-10-17)23-15(2)28)32-22-26-25-20(19-6-4-12-31-19)27(22)13-18-5-3-11-30-18/h4,6-10,12,14,18H,3,5,11,13H2,1-2H3,(H,23,28)(H,24,29)/t14-,18-/m1/s1. The van der Waals surface area contributed by atoms with Crippen LogP contribution in [0.15, 0.2) is 46.9 Å². The van der Waals surface area contributed by atoms with E-state index >= 15 is 0 Å². The van der Waals surface area contributed by atoms with Gasteiger partial charge in [-0.3, -0.25) is 14.2 Å². The number of hydrogen-bond donors (Lipinski definition) is 2. The third-order valence-electron chi connectivity index (χ3n) is 4.99. The van der Waals surface area contributed by atoms with Crippen LogP contribution in [0.3, 0.4) is 0 Å². The fourth-order valence-corrected chi connectivity index (χ4v) is 4.99. The third kappa shape index (κ3) is 5.56. The number of rotatable bonds is 8. The van der Waals surface area contributed by atoms with Gasteiger partial charge in [-0.15, -0.1) is 21.5 Å². The Bertz CT molecular complexity index is 1060. The molecule has 3 heterocycles. The molecule has 0 saturated carbocycles. The van der Waals surface area contributed by atoms with Crippen molar-refractivity contribution in [3.05, 3.63) is 41.8 Å². The average molecular weight is 472 g/mol. The van der Waals surface area contributed by atoms with Crippen LogP contribution >= 0.6 is 23.1 Å². The van der Waals surface area contributed by atoms with Gasteiger partial charge in [0.15, 0.2) is 11.0 Å². The van der Waals surface area contributed by atoms with Gasteiger partial charge >= 0.3 is 0 Å². The van der Waals surface area contributed by atoms with Gasteiger partial charge in [0.05, 0.1) is 22.8 Å². The van der Waals surface area contributed by atoms with Crippen molar-refractivity contribution >= 4 is 46.3 Å². The molecule has 0 spiro atoms. The lowest BCUT2D eigenvalue weighted by Crippen LogP contribution is -2.23. The number of benzene rings is 1. The van der Waals surface area contributed by atoms with Crippen molar-refractivity contribution in [2.45, 2.75) is 49.7 Å². The largest absolute Gasteiger partial charge is 0.376 e. The lowest BCUT2D eigenvalue weighted by Gasteiger charge is -2.16. The highest BCUT2D eigenvalue weighted by atomic mass is 32.2. The molecular weight excluding hydrogens is 446 g/mol. The van der Waals surface area contributed by atoms with E-state index in [1.807, 2.05) is 24.4 Å². The summed E-state index contributed by atoms with van der Waals surface area (Å²) in [6, 6.07) is 11.0. The summed E-state index contributed by atoms with van der Waals surface area (Å²) in [5, 5.41) is 16.8. The minimum absolute atomic E-state index is 0.133. The van der Waals surface area contributed by atoms with Crippen molar-refractivity contribution in [1.82, 2.24) is 14.8 Å². The maximum atomic E-state index is 12.8. The van der Waals surface area contributed by atoms with Crippen molar-refractivity contribution < 1.29 is 14.3 Å². The molecule has 2 N–H and O–H groups in total. The summed E-state index contributed by atoms with van der Waals surface area (Å²) in [4.78, 5) is 25.0. The minimum atomic E-state index is -0.381. The van der Waals surface area contributed by atoms with E-state index in [1.54, 1.807) is 35.6 Å². The van der Waals surface area contributed by atoms with E-state index in [0.29, 0.717) is 23.1 Å². The normalized spacial score (nSPS) is 16.6. The van der Waals surface area contributed by atoms with Gasteiger partial charge < -0.3 is 15.4 Å². The molecule has 0 aliphatic carbocycles. The summed E-state index contributed by atoms with van der Waals surface area (Å²) in [5.74, 6) is 0.534. The molecule has 8 nitrogen and oxygen atoms in total. The Morgan fingerprint density at radius 2 is 1.97 bits per heavy atom.